The molecule has 10 heteroatoms. The first kappa shape index (κ1) is 21.7. The Kier molecular flexibility index (Phi) is 7.02. The van der Waals surface area contributed by atoms with Crippen molar-refractivity contribution >= 4 is 28.9 Å². The second-order valence-electron chi connectivity index (χ2n) is 6.35. The number of benzene rings is 2. The summed E-state index contributed by atoms with van der Waals surface area (Å²) in [5, 5.41) is 9.11. The molecule has 0 amide bonds. The van der Waals surface area contributed by atoms with Crippen LogP contribution < -0.4 is 15.2 Å². The van der Waals surface area contributed by atoms with E-state index >= 15 is 0 Å². The summed E-state index contributed by atoms with van der Waals surface area (Å²) in [4.78, 5) is 17.9. The van der Waals surface area contributed by atoms with E-state index in [4.69, 9.17) is 37.5 Å². The quantitative estimate of drug-likeness (QED) is 0.384. The van der Waals surface area contributed by atoms with Crippen molar-refractivity contribution in [3.05, 3.63) is 68.6 Å². The van der Waals surface area contributed by atoms with Crippen molar-refractivity contribution < 1.29 is 14.3 Å². The highest BCUT2D eigenvalue weighted by Gasteiger charge is 2.16. The SMILES string of the molecule is COc1nn(C)c(=O)n1-c1ccccc1CON=C(C)COc1cc(Cl)cc(Cl)c1. The first-order chi connectivity index (χ1) is 14.4. The van der Waals surface area contributed by atoms with E-state index in [0.717, 1.165) is 5.56 Å². The Labute approximate surface area is 183 Å². The normalized spacial score (nSPS) is 11.4. The van der Waals surface area contributed by atoms with Gasteiger partial charge in [0.05, 0.1) is 18.5 Å². The smallest absolute Gasteiger partial charge is 0.353 e. The van der Waals surface area contributed by atoms with Crippen molar-refractivity contribution in [3.63, 3.8) is 0 Å². The number of aromatic nitrogens is 3. The lowest BCUT2D eigenvalue weighted by Gasteiger charge is -2.10. The number of rotatable bonds is 8. The lowest BCUT2D eigenvalue weighted by Crippen LogP contribution is -2.22. The van der Waals surface area contributed by atoms with Crippen LogP contribution in [0.15, 0.2) is 52.4 Å². The van der Waals surface area contributed by atoms with Crippen LogP contribution in [0.3, 0.4) is 0 Å². The highest BCUT2D eigenvalue weighted by atomic mass is 35.5. The third kappa shape index (κ3) is 5.14. The summed E-state index contributed by atoms with van der Waals surface area (Å²) in [7, 11) is 3.01. The van der Waals surface area contributed by atoms with Gasteiger partial charge in [0.1, 0.15) is 19.0 Å². The number of aryl methyl sites for hydroxylation is 1. The molecule has 8 nitrogen and oxygen atoms in total. The second-order valence-corrected chi connectivity index (χ2v) is 7.22. The van der Waals surface area contributed by atoms with Gasteiger partial charge in [-0.25, -0.2) is 14.0 Å². The fourth-order valence-electron chi connectivity index (χ4n) is 2.67. The number of hydrogen-bond acceptors (Lipinski definition) is 6. The molecule has 3 rings (SSSR count). The maximum atomic E-state index is 12.4. The molecular weight excluding hydrogens is 431 g/mol. The van der Waals surface area contributed by atoms with Crippen LogP contribution in [0.5, 0.6) is 11.8 Å². The molecule has 0 N–H and O–H groups in total. The average molecular weight is 451 g/mol. The van der Waals surface area contributed by atoms with Crippen LogP contribution in [-0.2, 0) is 18.5 Å². The molecule has 0 bridgehead atoms. The topological polar surface area (TPSA) is 79.9 Å². The number of ether oxygens (including phenoxy) is 2. The average Bonchev–Trinajstić information content (AvgIpc) is 3.00. The highest BCUT2D eigenvalue weighted by molar-refractivity contribution is 6.34. The summed E-state index contributed by atoms with van der Waals surface area (Å²) in [5.74, 6) is 0.537. The summed E-state index contributed by atoms with van der Waals surface area (Å²) >= 11 is 11.9. The van der Waals surface area contributed by atoms with Gasteiger partial charge >= 0.3 is 11.7 Å². The van der Waals surface area contributed by atoms with Gasteiger partial charge in [0.25, 0.3) is 0 Å². The molecule has 0 spiro atoms. The largest absolute Gasteiger partial charge is 0.487 e. The summed E-state index contributed by atoms with van der Waals surface area (Å²) in [6, 6.07) is 12.4. The number of methoxy groups -OCH3 is 1. The Morgan fingerprint density at radius 1 is 1.17 bits per heavy atom. The minimum atomic E-state index is -0.326. The molecule has 0 atom stereocenters. The van der Waals surface area contributed by atoms with Gasteiger partial charge in [0, 0.05) is 22.7 Å². The molecule has 0 saturated heterocycles. The Balaban J connectivity index is 1.69. The van der Waals surface area contributed by atoms with Crippen LogP contribution in [0, 0.1) is 0 Å². The third-order valence-corrected chi connectivity index (χ3v) is 4.47. The van der Waals surface area contributed by atoms with Gasteiger partial charge < -0.3 is 14.3 Å². The van der Waals surface area contributed by atoms with Crippen molar-refractivity contribution in [2.24, 2.45) is 12.2 Å². The minimum absolute atomic E-state index is 0.140. The molecule has 2 aromatic carbocycles. The zero-order chi connectivity index (χ0) is 21.7. The molecule has 0 aliphatic rings. The van der Waals surface area contributed by atoms with Crippen molar-refractivity contribution in [2.75, 3.05) is 13.7 Å². The fraction of sp³-hybridized carbons (Fsp3) is 0.250. The number of hydrogen-bond donors (Lipinski definition) is 0. The van der Waals surface area contributed by atoms with E-state index in [1.54, 1.807) is 38.2 Å². The van der Waals surface area contributed by atoms with Crippen LogP contribution in [0.2, 0.25) is 10.0 Å². The molecule has 1 heterocycles. The third-order valence-electron chi connectivity index (χ3n) is 4.03. The predicted molar refractivity (Wildman–Crippen MR) is 115 cm³/mol. The molecule has 0 aliphatic heterocycles. The maximum Gasteiger partial charge on any atom is 0.353 e. The first-order valence-corrected chi connectivity index (χ1v) is 9.67. The standard InChI is InChI=1S/C20H20Cl2N4O4/c1-13(11-29-17-9-15(21)8-16(22)10-17)24-30-12-14-6-4-5-7-18(14)26-19(28-3)23-25(2)20(26)27/h4-10H,11-12H2,1-3H3. The summed E-state index contributed by atoms with van der Waals surface area (Å²) in [5.41, 5.74) is 1.63. The predicted octanol–water partition coefficient (Wildman–Crippen LogP) is 3.86. The molecule has 0 saturated carbocycles. The lowest BCUT2D eigenvalue weighted by atomic mass is 10.2. The molecule has 158 valence electrons. The summed E-state index contributed by atoms with van der Waals surface area (Å²) in [6.45, 7) is 2.11. The van der Waals surface area contributed by atoms with Gasteiger partial charge in [-0.05, 0) is 31.2 Å². The Morgan fingerprint density at radius 2 is 1.87 bits per heavy atom. The molecule has 0 aliphatic carbocycles. The van der Waals surface area contributed by atoms with E-state index in [9.17, 15) is 4.79 Å². The Morgan fingerprint density at radius 3 is 2.57 bits per heavy atom. The van der Waals surface area contributed by atoms with Gasteiger partial charge in [0.15, 0.2) is 0 Å². The van der Waals surface area contributed by atoms with Crippen LogP contribution >= 0.6 is 23.2 Å². The van der Waals surface area contributed by atoms with E-state index in [2.05, 4.69) is 10.3 Å². The summed E-state index contributed by atoms with van der Waals surface area (Å²) in [6.07, 6.45) is 0. The highest BCUT2D eigenvalue weighted by Crippen LogP contribution is 2.24. The Bertz CT molecular complexity index is 1100. The van der Waals surface area contributed by atoms with Crippen molar-refractivity contribution in [1.29, 1.82) is 0 Å². The van der Waals surface area contributed by atoms with Crippen LogP contribution in [0.4, 0.5) is 0 Å². The van der Waals surface area contributed by atoms with E-state index in [1.807, 2.05) is 18.2 Å². The minimum Gasteiger partial charge on any atom is -0.487 e. The first-order valence-electron chi connectivity index (χ1n) is 8.91. The molecule has 0 radical (unpaired) electrons. The van der Waals surface area contributed by atoms with Crippen LogP contribution in [0.1, 0.15) is 12.5 Å². The van der Waals surface area contributed by atoms with Gasteiger partial charge in [0.2, 0.25) is 0 Å². The van der Waals surface area contributed by atoms with Crippen LogP contribution in [-0.4, -0.2) is 33.8 Å². The molecular formula is C20H20Cl2N4O4. The van der Waals surface area contributed by atoms with Gasteiger partial charge in [-0.1, -0.05) is 46.6 Å². The number of halogens is 2. The van der Waals surface area contributed by atoms with Gasteiger partial charge in [-0.15, -0.1) is 5.10 Å². The molecule has 1 aromatic heterocycles. The number of oxime groups is 1. The van der Waals surface area contributed by atoms with Crippen molar-refractivity contribution in [3.8, 4) is 17.4 Å². The summed E-state index contributed by atoms with van der Waals surface area (Å²) < 4.78 is 13.4. The zero-order valence-corrected chi connectivity index (χ0v) is 18.1. The van der Waals surface area contributed by atoms with E-state index in [1.165, 1.54) is 16.4 Å². The number of nitrogens with zero attached hydrogens (tertiary/aromatic N) is 4. The number of para-hydroxylation sites is 1. The maximum absolute atomic E-state index is 12.4. The zero-order valence-electron chi connectivity index (χ0n) is 16.6. The van der Waals surface area contributed by atoms with Crippen molar-refractivity contribution in [1.82, 2.24) is 14.3 Å². The van der Waals surface area contributed by atoms with E-state index < -0.39 is 0 Å². The second kappa shape index (κ2) is 9.69. The fourth-order valence-corrected chi connectivity index (χ4v) is 3.18. The Hall–Kier alpha value is -2.97. The van der Waals surface area contributed by atoms with Crippen molar-refractivity contribution in [2.45, 2.75) is 13.5 Å². The molecule has 30 heavy (non-hydrogen) atoms. The van der Waals surface area contributed by atoms with E-state index in [-0.39, 0.29) is 24.9 Å². The van der Waals surface area contributed by atoms with E-state index in [0.29, 0.717) is 27.2 Å². The molecule has 0 fully saturated rings. The van der Waals surface area contributed by atoms with Gasteiger partial charge in [-0.2, -0.15) is 0 Å². The van der Waals surface area contributed by atoms with Gasteiger partial charge in [-0.3, -0.25) is 0 Å². The molecule has 0 unspecified atom stereocenters. The van der Waals surface area contributed by atoms with Crippen LogP contribution in [0.25, 0.3) is 5.69 Å². The molecule has 3 aromatic rings. The monoisotopic (exact) mass is 450 g/mol. The lowest BCUT2D eigenvalue weighted by molar-refractivity contribution is 0.128.